The first-order chi connectivity index (χ1) is 18.0. The van der Waals surface area contributed by atoms with E-state index in [1.807, 2.05) is 19.9 Å². The molecule has 1 aliphatic carbocycles. The molecule has 0 radical (unpaired) electrons. The molecule has 7 N–H and O–H groups in total. The van der Waals surface area contributed by atoms with Crippen molar-refractivity contribution in [1.29, 1.82) is 0 Å². The van der Waals surface area contributed by atoms with Gasteiger partial charge in [-0.05, 0) is 43.4 Å². The number of hydrogen-bond acceptors (Lipinski definition) is 6. The monoisotopic (exact) mass is 535 g/mol. The Morgan fingerprint density at radius 3 is 2.58 bits per heavy atom. The molecule has 2 heterocycles. The summed E-state index contributed by atoms with van der Waals surface area (Å²) in [5.41, 5.74) is 13.2. The van der Waals surface area contributed by atoms with E-state index in [1.54, 1.807) is 0 Å². The van der Waals surface area contributed by atoms with Crippen molar-refractivity contribution in [2.75, 3.05) is 19.4 Å². The Hall–Kier alpha value is -2.65. The highest BCUT2D eigenvalue weighted by Gasteiger charge is 2.24. The topological polar surface area (TPSA) is 156 Å². The third-order valence-corrected chi connectivity index (χ3v) is 6.27. The number of anilines is 1. The first-order valence-corrected chi connectivity index (χ1v) is 14.0. The van der Waals surface area contributed by atoms with Gasteiger partial charge in [-0.15, -0.1) is 0 Å². The van der Waals surface area contributed by atoms with Crippen molar-refractivity contribution in [1.82, 2.24) is 15.5 Å². The summed E-state index contributed by atoms with van der Waals surface area (Å²) in [6.45, 7) is 13.5. The summed E-state index contributed by atoms with van der Waals surface area (Å²) in [6, 6.07) is 0. The number of aromatic nitrogens is 2. The number of amides is 2. The number of hydrogen-bond donors (Lipinski definition) is 5. The van der Waals surface area contributed by atoms with Crippen LogP contribution in [0.1, 0.15) is 97.7 Å². The highest BCUT2D eigenvalue weighted by molar-refractivity contribution is 5.79. The molecular formula is C29H53N5O4. The van der Waals surface area contributed by atoms with E-state index < -0.39 is 18.1 Å². The van der Waals surface area contributed by atoms with Gasteiger partial charge in [-0.2, -0.15) is 5.10 Å². The van der Waals surface area contributed by atoms with E-state index in [4.69, 9.17) is 16.2 Å². The molecule has 2 amide bonds. The molecule has 9 heteroatoms. The first-order valence-electron chi connectivity index (χ1n) is 14.0. The average Bonchev–Trinajstić information content (AvgIpc) is 3.06. The number of aromatic amines is 1. The van der Waals surface area contributed by atoms with Crippen molar-refractivity contribution < 1.29 is 19.4 Å². The number of H-pyrrole nitrogens is 1. The Balaban J connectivity index is 0.000000546. The van der Waals surface area contributed by atoms with E-state index in [-0.39, 0.29) is 11.3 Å². The van der Waals surface area contributed by atoms with Crippen LogP contribution in [-0.2, 0) is 20.7 Å². The van der Waals surface area contributed by atoms with Crippen LogP contribution in [0.3, 0.4) is 0 Å². The quantitative estimate of drug-likeness (QED) is 0.308. The zero-order chi connectivity index (χ0) is 29.1. The molecule has 0 spiro atoms. The molecule has 1 aromatic rings. The second kappa shape index (κ2) is 19.4. The van der Waals surface area contributed by atoms with Gasteiger partial charge in [-0.25, -0.2) is 0 Å². The largest absolute Gasteiger partial charge is 0.390 e. The van der Waals surface area contributed by atoms with Gasteiger partial charge < -0.3 is 26.6 Å². The van der Waals surface area contributed by atoms with Gasteiger partial charge in [0.2, 0.25) is 11.8 Å². The standard InChI is InChI=1S/C12H23NO3.C9H13N3.C6H11NO.C2H6/c1-4-9(2)7-5-6-8-10(14)11(16-3)12(13)15;1-9(2)4-3-6-7(5-9)11-12-8(6)10;8-6-4-2-1-3-5-7-6;1-2/h5,7,9-11,14H,4,6,8H2,1-3H3,(H2,13,15);3-4H,5H2,1-2H3,(H3,10,11,12);1-5H2,(H,7,8);1-2H3/b7-5+;;;. The van der Waals surface area contributed by atoms with Crippen LogP contribution in [0.25, 0.3) is 6.08 Å². The van der Waals surface area contributed by atoms with E-state index in [2.05, 4.69) is 61.4 Å². The first kappa shape index (κ1) is 35.4. The summed E-state index contributed by atoms with van der Waals surface area (Å²) in [7, 11) is 1.37. The molecule has 2 aliphatic rings. The summed E-state index contributed by atoms with van der Waals surface area (Å²) in [6.07, 6.45) is 14.1. The van der Waals surface area contributed by atoms with Crippen LogP contribution in [0.15, 0.2) is 18.2 Å². The van der Waals surface area contributed by atoms with Crippen molar-refractivity contribution in [2.45, 2.75) is 105 Å². The molecule has 0 saturated carbocycles. The number of nitrogen functional groups attached to an aromatic ring is 1. The van der Waals surface area contributed by atoms with Gasteiger partial charge in [0.25, 0.3) is 0 Å². The van der Waals surface area contributed by atoms with Gasteiger partial charge in [0.1, 0.15) is 0 Å². The van der Waals surface area contributed by atoms with Gasteiger partial charge in [-0.1, -0.05) is 78.7 Å². The van der Waals surface area contributed by atoms with E-state index >= 15 is 0 Å². The number of allylic oxidation sites excluding steroid dienone is 3. The summed E-state index contributed by atoms with van der Waals surface area (Å²) in [5, 5.41) is 19.4. The van der Waals surface area contributed by atoms with Crippen LogP contribution < -0.4 is 16.8 Å². The molecule has 3 rings (SSSR count). The lowest BCUT2D eigenvalue weighted by atomic mass is 9.82. The van der Waals surface area contributed by atoms with Crippen LogP contribution in [-0.4, -0.2) is 53.0 Å². The van der Waals surface area contributed by atoms with E-state index in [0.717, 1.165) is 56.3 Å². The predicted molar refractivity (Wildman–Crippen MR) is 156 cm³/mol. The molecule has 1 aromatic heterocycles. The molecule has 1 aliphatic heterocycles. The molecule has 1 saturated heterocycles. The Labute approximate surface area is 229 Å². The number of methoxy groups -OCH3 is 1. The number of nitrogens with one attached hydrogen (secondary N) is 2. The number of carbonyl (C=O) groups excluding carboxylic acids is 2. The van der Waals surface area contributed by atoms with Gasteiger partial charge in [0, 0.05) is 31.3 Å². The summed E-state index contributed by atoms with van der Waals surface area (Å²) < 4.78 is 4.82. The minimum Gasteiger partial charge on any atom is -0.390 e. The van der Waals surface area contributed by atoms with Gasteiger partial charge in [-0.3, -0.25) is 14.7 Å². The minimum atomic E-state index is -0.906. The average molecular weight is 536 g/mol. The van der Waals surface area contributed by atoms with E-state index in [0.29, 0.717) is 18.2 Å². The lowest BCUT2D eigenvalue weighted by molar-refractivity contribution is -0.134. The maximum absolute atomic E-state index is 10.9. The van der Waals surface area contributed by atoms with Crippen LogP contribution >= 0.6 is 0 Å². The Morgan fingerprint density at radius 1 is 1.29 bits per heavy atom. The number of ether oxygens (including phenoxy) is 1. The lowest BCUT2D eigenvalue weighted by Crippen LogP contribution is -2.40. The summed E-state index contributed by atoms with van der Waals surface area (Å²) >= 11 is 0. The number of nitrogens with zero attached hydrogens (tertiary/aromatic N) is 1. The van der Waals surface area contributed by atoms with Crippen molar-refractivity contribution in [3.8, 4) is 0 Å². The van der Waals surface area contributed by atoms with Gasteiger partial charge in [0.05, 0.1) is 6.10 Å². The smallest absolute Gasteiger partial charge is 0.249 e. The van der Waals surface area contributed by atoms with Crippen LogP contribution in [0.5, 0.6) is 0 Å². The summed E-state index contributed by atoms with van der Waals surface area (Å²) in [5.74, 6) is 0.756. The Kier molecular flexibility index (Phi) is 18.1. The van der Waals surface area contributed by atoms with Gasteiger partial charge in [0.15, 0.2) is 11.9 Å². The molecule has 9 nitrogen and oxygen atoms in total. The molecule has 3 unspecified atom stereocenters. The maximum atomic E-state index is 10.9. The van der Waals surface area contributed by atoms with Gasteiger partial charge >= 0.3 is 0 Å². The highest BCUT2D eigenvalue weighted by Crippen LogP contribution is 2.32. The fourth-order valence-electron chi connectivity index (χ4n) is 3.80. The van der Waals surface area contributed by atoms with Crippen LogP contribution in [0, 0.1) is 11.3 Å². The molecule has 3 atom stereocenters. The Bertz CT molecular complexity index is 853. The van der Waals surface area contributed by atoms with E-state index in [9.17, 15) is 14.7 Å². The van der Waals surface area contributed by atoms with Crippen molar-refractivity contribution in [3.63, 3.8) is 0 Å². The number of aliphatic hydroxyl groups is 1. The SMILES string of the molecule is CC.CC1(C)C=Cc2c(N)n[nH]c2C1.CCC(C)/C=C/CCC(O)C(OC)C(N)=O.O=C1CCCCCN1. The number of fused-ring (bicyclic) bond motifs is 1. The zero-order valence-electron chi connectivity index (χ0n) is 24.7. The normalized spacial score (nSPS) is 18.1. The maximum Gasteiger partial charge on any atom is 0.249 e. The number of carbonyl (C=O) groups is 2. The fourth-order valence-corrected chi connectivity index (χ4v) is 3.80. The molecule has 0 aromatic carbocycles. The Morgan fingerprint density at radius 2 is 1.97 bits per heavy atom. The highest BCUT2D eigenvalue weighted by atomic mass is 16.5. The molecule has 218 valence electrons. The lowest BCUT2D eigenvalue weighted by Gasteiger charge is -2.23. The number of aliphatic hydroxyl groups excluding tert-OH is 1. The van der Waals surface area contributed by atoms with Crippen LogP contribution in [0.2, 0.25) is 0 Å². The van der Waals surface area contributed by atoms with Crippen molar-refractivity contribution >= 4 is 23.7 Å². The van der Waals surface area contributed by atoms with E-state index in [1.165, 1.54) is 13.5 Å². The number of rotatable bonds is 8. The zero-order valence-corrected chi connectivity index (χ0v) is 24.7. The van der Waals surface area contributed by atoms with Crippen molar-refractivity contribution in [2.24, 2.45) is 17.1 Å². The third-order valence-electron chi connectivity index (χ3n) is 6.27. The minimum absolute atomic E-state index is 0.225. The number of primary amides is 1. The predicted octanol–water partition coefficient (Wildman–Crippen LogP) is 4.52. The van der Waals surface area contributed by atoms with Crippen LogP contribution in [0.4, 0.5) is 5.82 Å². The van der Waals surface area contributed by atoms with Crippen molar-refractivity contribution in [3.05, 3.63) is 29.5 Å². The molecule has 1 fully saturated rings. The molecule has 38 heavy (non-hydrogen) atoms. The third kappa shape index (κ3) is 14.3. The second-order valence-electron chi connectivity index (χ2n) is 10.2. The molecular weight excluding hydrogens is 482 g/mol. The fraction of sp³-hybridized carbons (Fsp3) is 0.690. The molecule has 0 bridgehead atoms. The second-order valence-corrected chi connectivity index (χ2v) is 10.2. The number of nitrogens with two attached hydrogens (primary N) is 2. The summed E-state index contributed by atoms with van der Waals surface area (Å²) in [4.78, 5) is 21.5.